The summed E-state index contributed by atoms with van der Waals surface area (Å²) in [5, 5.41) is 0. The highest BCUT2D eigenvalue weighted by atomic mass is 19.1. The molecule has 0 fully saturated rings. The fourth-order valence-corrected chi connectivity index (χ4v) is 3.83. The minimum Gasteiger partial charge on any atom is -0.293 e. The number of alkyl halides is 1. The third-order valence-electron chi connectivity index (χ3n) is 5.42. The summed E-state index contributed by atoms with van der Waals surface area (Å²) in [5.74, 6) is -0.334. The standard InChI is InChI=1S/C24H24F2N4O.C2H6/c1-15(31)21-12-19(17-6-4-5-7-20(17)25)18-9-11-30(14-22(18)29-21)13-16-8-10-27-23(28-16)24(2,3)26;1-2/h4-8,10,12H,9,11,13-14H2,1-3H3;1-2H3. The second-order valence-electron chi connectivity index (χ2n) is 8.32. The first-order valence-corrected chi connectivity index (χ1v) is 11.2. The van der Waals surface area contributed by atoms with Crippen LogP contribution in [0.25, 0.3) is 11.1 Å². The molecular formula is C26H30F2N4O. The summed E-state index contributed by atoms with van der Waals surface area (Å²) in [7, 11) is 0. The molecular weight excluding hydrogens is 422 g/mol. The van der Waals surface area contributed by atoms with E-state index >= 15 is 0 Å². The number of hydrogen-bond donors (Lipinski definition) is 0. The Morgan fingerprint density at radius 2 is 1.85 bits per heavy atom. The maximum Gasteiger partial charge on any atom is 0.178 e. The fourth-order valence-electron chi connectivity index (χ4n) is 3.83. The van der Waals surface area contributed by atoms with Crippen molar-refractivity contribution in [1.29, 1.82) is 0 Å². The van der Waals surface area contributed by atoms with Crippen molar-refractivity contribution in [2.75, 3.05) is 6.54 Å². The van der Waals surface area contributed by atoms with Gasteiger partial charge in [-0.3, -0.25) is 9.69 Å². The average molecular weight is 453 g/mol. The van der Waals surface area contributed by atoms with Crippen molar-refractivity contribution in [2.45, 2.75) is 59.8 Å². The summed E-state index contributed by atoms with van der Waals surface area (Å²) in [5.41, 5.74) is 2.34. The zero-order chi connectivity index (χ0) is 24.2. The molecule has 0 amide bonds. The van der Waals surface area contributed by atoms with E-state index in [1.165, 1.54) is 26.8 Å². The molecule has 0 aliphatic carbocycles. The molecule has 5 nitrogen and oxygen atoms in total. The summed E-state index contributed by atoms with van der Waals surface area (Å²) in [6, 6.07) is 10.0. The van der Waals surface area contributed by atoms with Crippen molar-refractivity contribution in [2.24, 2.45) is 0 Å². The van der Waals surface area contributed by atoms with Crippen molar-refractivity contribution >= 4 is 5.78 Å². The number of hydrogen-bond acceptors (Lipinski definition) is 5. The van der Waals surface area contributed by atoms with Crippen molar-refractivity contribution in [3.63, 3.8) is 0 Å². The van der Waals surface area contributed by atoms with Crippen LogP contribution >= 0.6 is 0 Å². The molecule has 0 saturated heterocycles. The van der Waals surface area contributed by atoms with Crippen LogP contribution in [0, 0.1) is 5.82 Å². The van der Waals surface area contributed by atoms with Crippen LogP contribution in [0.5, 0.6) is 0 Å². The highest BCUT2D eigenvalue weighted by Crippen LogP contribution is 2.32. The molecule has 2 aromatic heterocycles. The minimum atomic E-state index is -1.61. The van der Waals surface area contributed by atoms with Crippen LogP contribution in [0.1, 0.15) is 67.9 Å². The largest absolute Gasteiger partial charge is 0.293 e. The number of nitrogens with zero attached hydrogens (tertiary/aromatic N) is 4. The number of aromatic nitrogens is 3. The van der Waals surface area contributed by atoms with E-state index in [1.807, 2.05) is 13.8 Å². The Balaban J connectivity index is 0.00000149. The quantitative estimate of drug-likeness (QED) is 0.467. The van der Waals surface area contributed by atoms with Crippen LogP contribution < -0.4 is 0 Å². The Morgan fingerprint density at radius 1 is 1.12 bits per heavy atom. The van der Waals surface area contributed by atoms with Crippen LogP contribution in [0.15, 0.2) is 42.6 Å². The van der Waals surface area contributed by atoms with Gasteiger partial charge in [-0.2, -0.15) is 0 Å². The van der Waals surface area contributed by atoms with Gasteiger partial charge in [0.25, 0.3) is 0 Å². The Kier molecular flexibility index (Phi) is 7.64. The normalized spacial score (nSPS) is 13.7. The van der Waals surface area contributed by atoms with Crippen LogP contribution in [0.4, 0.5) is 8.78 Å². The van der Waals surface area contributed by atoms with Gasteiger partial charge in [-0.05, 0) is 49.6 Å². The lowest BCUT2D eigenvalue weighted by molar-refractivity contribution is 0.101. The Bertz CT molecular complexity index is 1140. The molecule has 0 radical (unpaired) electrons. The molecule has 3 heterocycles. The monoisotopic (exact) mass is 452 g/mol. The summed E-state index contributed by atoms with van der Waals surface area (Å²) < 4.78 is 28.7. The predicted octanol–water partition coefficient (Wildman–Crippen LogP) is 5.67. The molecule has 0 spiro atoms. The molecule has 1 aliphatic rings. The fraction of sp³-hybridized carbons (Fsp3) is 0.385. The second kappa shape index (κ2) is 10.3. The molecule has 4 rings (SSSR count). The molecule has 0 saturated carbocycles. The number of halogens is 2. The molecule has 33 heavy (non-hydrogen) atoms. The molecule has 174 valence electrons. The van der Waals surface area contributed by atoms with Crippen LogP contribution in [-0.2, 0) is 25.2 Å². The Labute approximate surface area is 193 Å². The van der Waals surface area contributed by atoms with Gasteiger partial charge in [0.2, 0.25) is 0 Å². The minimum absolute atomic E-state index is 0.154. The van der Waals surface area contributed by atoms with Gasteiger partial charge in [-0.25, -0.2) is 23.7 Å². The van der Waals surface area contributed by atoms with E-state index in [9.17, 15) is 13.6 Å². The number of ketones is 1. The zero-order valence-corrected chi connectivity index (χ0v) is 19.8. The topological polar surface area (TPSA) is 59.0 Å². The van der Waals surface area contributed by atoms with Gasteiger partial charge in [0.1, 0.15) is 11.5 Å². The maximum atomic E-state index is 14.5. The first-order valence-electron chi connectivity index (χ1n) is 11.2. The number of carbonyl (C=O) groups excluding carboxylic acids is 1. The van der Waals surface area contributed by atoms with Crippen LogP contribution in [-0.4, -0.2) is 32.2 Å². The highest BCUT2D eigenvalue weighted by Gasteiger charge is 2.26. The van der Waals surface area contributed by atoms with E-state index in [0.29, 0.717) is 37.3 Å². The number of fused-ring (bicyclic) bond motifs is 1. The summed E-state index contributed by atoms with van der Waals surface area (Å²) in [6.45, 7) is 10.0. The number of carbonyl (C=O) groups is 1. The van der Waals surface area contributed by atoms with E-state index < -0.39 is 5.67 Å². The molecule has 0 N–H and O–H groups in total. The van der Waals surface area contributed by atoms with Gasteiger partial charge in [0.15, 0.2) is 17.3 Å². The van der Waals surface area contributed by atoms with Gasteiger partial charge in [0, 0.05) is 38.3 Å². The average Bonchev–Trinajstić information content (AvgIpc) is 2.79. The lowest BCUT2D eigenvalue weighted by Gasteiger charge is -2.29. The maximum absolute atomic E-state index is 14.5. The SMILES string of the molecule is CC.CC(=O)c1cc(-c2ccccc2F)c2c(n1)CN(Cc1ccnc(C(C)(C)F)n1)CC2. The van der Waals surface area contributed by atoms with Crippen molar-refractivity contribution in [3.8, 4) is 11.1 Å². The number of rotatable bonds is 5. The molecule has 1 aliphatic heterocycles. The number of Topliss-reactive ketones (excluding diaryl/α,β-unsaturated/α-hetero) is 1. The molecule has 1 aromatic carbocycles. The first kappa shape index (κ1) is 24.6. The van der Waals surface area contributed by atoms with E-state index in [-0.39, 0.29) is 17.4 Å². The van der Waals surface area contributed by atoms with E-state index in [2.05, 4.69) is 19.9 Å². The molecule has 0 unspecified atom stereocenters. The zero-order valence-electron chi connectivity index (χ0n) is 19.8. The van der Waals surface area contributed by atoms with Crippen molar-refractivity contribution in [3.05, 3.63) is 76.9 Å². The summed E-state index contributed by atoms with van der Waals surface area (Å²) >= 11 is 0. The number of benzene rings is 1. The van der Waals surface area contributed by atoms with Crippen LogP contribution in [0.3, 0.4) is 0 Å². The Morgan fingerprint density at radius 3 is 2.52 bits per heavy atom. The van der Waals surface area contributed by atoms with E-state index in [1.54, 1.807) is 36.5 Å². The van der Waals surface area contributed by atoms with E-state index in [0.717, 1.165) is 22.5 Å². The lowest BCUT2D eigenvalue weighted by Crippen LogP contribution is -2.32. The second-order valence-corrected chi connectivity index (χ2v) is 8.32. The lowest BCUT2D eigenvalue weighted by atomic mass is 9.92. The number of pyridine rings is 1. The van der Waals surface area contributed by atoms with Crippen molar-refractivity contribution < 1.29 is 13.6 Å². The van der Waals surface area contributed by atoms with Gasteiger partial charge in [-0.1, -0.05) is 32.0 Å². The van der Waals surface area contributed by atoms with E-state index in [4.69, 9.17) is 0 Å². The molecule has 3 aromatic rings. The highest BCUT2D eigenvalue weighted by molar-refractivity contribution is 5.93. The van der Waals surface area contributed by atoms with Gasteiger partial charge in [0.05, 0.1) is 11.4 Å². The smallest absolute Gasteiger partial charge is 0.178 e. The van der Waals surface area contributed by atoms with Crippen LogP contribution in [0.2, 0.25) is 0 Å². The third-order valence-corrected chi connectivity index (χ3v) is 5.42. The molecule has 0 atom stereocenters. The third kappa shape index (κ3) is 5.66. The summed E-state index contributed by atoms with van der Waals surface area (Å²) in [4.78, 5) is 27.2. The summed E-state index contributed by atoms with van der Waals surface area (Å²) in [6.07, 6.45) is 2.23. The predicted molar refractivity (Wildman–Crippen MR) is 125 cm³/mol. The molecule has 0 bridgehead atoms. The van der Waals surface area contributed by atoms with Gasteiger partial charge < -0.3 is 0 Å². The van der Waals surface area contributed by atoms with Gasteiger partial charge in [-0.15, -0.1) is 0 Å². The van der Waals surface area contributed by atoms with Gasteiger partial charge >= 0.3 is 0 Å². The van der Waals surface area contributed by atoms with Crippen molar-refractivity contribution in [1.82, 2.24) is 19.9 Å². The first-order chi connectivity index (χ1) is 15.7. The Hall–Kier alpha value is -3.06. The molecule has 7 heteroatoms.